The molecule has 1 N–H and O–H groups in total. The van der Waals surface area contributed by atoms with Gasteiger partial charge in [0.2, 0.25) is 0 Å². The van der Waals surface area contributed by atoms with Crippen molar-refractivity contribution in [1.29, 1.82) is 0 Å². The van der Waals surface area contributed by atoms with Crippen molar-refractivity contribution in [3.8, 4) is 0 Å². The van der Waals surface area contributed by atoms with Crippen LogP contribution in [0.5, 0.6) is 0 Å². The summed E-state index contributed by atoms with van der Waals surface area (Å²) in [6, 6.07) is 0.438. The van der Waals surface area contributed by atoms with Crippen LogP contribution >= 0.6 is 0 Å². The third-order valence-corrected chi connectivity index (χ3v) is 4.28. The smallest absolute Gasteiger partial charge is 0.0695 e. The molecule has 0 bridgehead atoms. The minimum atomic E-state index is -0.0717. The molecule has 2 aliphatic carbocycles. The highest BCUT2D eigenvalue weighted by Gasteiger charge is 2.28. The molecular weight excluding hydrogens is 186 g/mol. The molecule has 2 heteroatoms. The van der Waals surface area contributed by atoms with Gasteiger partial charge in [-0.15, -0.1) is 0 Å². The lowest BCUT2D eigenvalue weighted by molar-refractivity contribution is 0.0427. The molecule has 0 aromatic rings. The predicted molar refractivity (Wildman–Crippen MR) is 62.9 cm³/mol. The van der Waals surface area contributed by atoms with Gasteiger partial charge in [-0.3, -0.25) is 0 Å². The third-order valence-electron chi connectivity index (χ3n) is 4.28. The molecule has 2 unspecified atom stereocenters. The summed E-state index contributed by atoms with van der Waals surface area (Å²) in [5, 5.41) is 10.1. The van der Waals surface area contributed by atoms with Gasteiger partial charge in [0.25, 0.3) is 0 Å². The summed E-state index contributed by atoms with van der Waals surface area (Å²) in [5.41, 5.74) is 0. The first-order valence-corrected chi connectivity index (χ1v) is 6.65. The molecule has 0 aromatic carbocycles. The number of aliphatic hydroxyl groups is 1. The Kier molecular flexibility index (Phi) is 4.04. The van der Waals surface area contributed by atoms with Gasteiger partial charge in [0, 0.05) is 12.6 Å². The van der Waals surface area contributed by atoms with E-state index in [2.05, 4.69) is 11.9 Å². The summed E-state index contributed by atoms with van der Waals surface area (Å²) in [7, 11) is 2.21. The average molecular weight is 211 g/mol. The van der Waals surface area contributed by atoms with Gasteiger partial charge in [-0.2, -0.15) is 0 Å². The first kappa shape index (κ1) is 11.4. The Labute approximate surface area is 93.7 Å². The summed E-state index contributed by atoms with van der Waals surface area (Å²) in [5.74, 6) is 0.922. The van der Waals surface area contributed by atoms with E-state index in [-0.39, 0.29) is 6.10 Å². The quantitative estimate of drug-likeness (QED) is 0.725. The zero-order valence-electron chi connectivity index (χ0n) is 9.99. The van der Waals surface area contributed by atoms with E-state index in [1.54, 1.807) is 0 Å². The minimum absolute atomic E-state index is 0.0717. The lowest BCUT2D eigenvalue weighted by Crippen LogP contribution is -2.43. The number of hydrogen-bond donors (Lipinski definition) is 1. The van der Waals surface area contributed by atoms with Gasteiger partial charge in [0.05, 0.1) is 6.10 Å². The lowest BCUT2D eigenvalue weighted by Gasteiger charge is -2.36. The molecule has 0 radical (unpaired) electrons. The molecule has 0 aromatic heterocycles. The fourth-order valence-corrected chi connectivity index (χ4v) is 3.00. The zero-order chi connectivity index (χ0) is 10.7. The summed E-state index contributed by atoms with van der Waals surface area (Å²) in [4.78, 5) is 2.43. The van der Waals surface area contributed by atoms with Crippen molar-refractivity contribution < 1.29 is 5.11 Å². The number of aliphatic hydroxyl groups excluding tert-OH is 1. The van der Waals surface area contributed by atoms with Crippen LogP contribution in [0.25, 0.3) is 0 Å². The van der Waals surface area contributed by atoms with Crippen LogP contribution in [-0.4, -0.2) is 35.7 Å². The van der Waals surface area contributed by atoms with Crippen molar-refractivity contribution in [2.24, 2.45) is 5.92 Å². The summed E-state index contributed by atoms with van der Waals surface area (Å²) in [6.07, 6.45) is 10.2. The van der Waals surface area contributed by atoms with E-state index in [1.807, 2.05) is 0 Å². The molecule has 88 valence electrons. The van der Waals surface area contributed by atoms with Crippen LogP contribution in [-0.2, 0) is 0 Å². The highest BCUT2D eigenvalue weighted by atomic mass is 16.3. The van der Waals surface area contributed by atoms with Crippen molar-refractivity contribution in [3.63, 3.8) is 0 Å². The maximum Gasteiger partial charge on any atom is 0.0695 e. The monoisotopic (exact) mass is 211 g/mol. The second-order valence-electron chi connectivity index (χ2n) is 5.51. The minimum Gasteiger partial charge on any atom is -0.391 e. The maximum absolute atomic E-state index is 10.1. The summed E-state index contributed by atoms with van der Waals surface area (Å²) >= 11 is 0. The molecule has 0 amide bonds. The first-order chi connectivity index (χ1) is 7.27. The molecule has 0 heterocycles. The van der Waals surface area contributed by atoms with Crippen molar-refractivity contribution in [2.45, 2.75) is 63.5 Å². The second-order valence-corrected chi connectivity index (χ2v) is 5.51. The number of likely N-dealkylation sites (N-methyl/N-ethyl adjacent to an activating group) is 1. The molecule has 15 heavy (non-hydrogen) atoms. The lowest BCUT2D eigenvalue weighted by atomic mass is 9.84. The Morgan fingerprint density at radius 1 is 1.00 bits per heavy atom. The average Bonchev–Trinajstić information content (AvgIpc) is 2.36. The fourth-order valence-electron chi connectivity index (χ4n) is 3.00. The van der Waals surface area contributed by atoms with Gasteiger partial charge >= 0.3 is 0 Å². The van der Waals surface area contributed by atoms with Gasteiger partial charge < -0.3 is 10.0 Å². The van der Waals surface area contributed by atoms with E-state index in [1.165, 1.54) is 51.5 Å². The van der Waals surface area contributed by atoms with Crippen molar-refractivity contribution in [1.82, 2.24) is 4.90 Å². The van der Waals surface area contributed by atoms with Crippen LogP contribution in [0.4, 0.5) is 0 Å². The topological polar surface area (TPSA) is 23.5 Å². The van der Waals surface area contributed by atoms with Crippen LogP contribution in [0.3, 0.4) is 0 Å². The van der Waals surface area contributed by atoms with Crippen LogP contribution in [0.15, 0.2) is 0 Å². The van der Waals surface area contributed by atoms with E-state index in [0.717, 1.165) is 12.3 Å². The number of nitrogens with zero attached hydrogens (tertiary/aromatic N) is 1. The van der Waals surface area contributed by atoms with Crippen molar-refractivity contribution in [3.05, 3.63) is 0 Å². The largest absolute Gasteiger partial charge is 0.391 e. The van der Waals surface area contributed by atoms with Crippen LogP contribution < -0.4 is 0 Å². The molecule has 2 aliphatic rings. The van der Waals surface area contributed by atoms with Gasteiger partial charge in [-0.1, -0.05) is 25.7 Å². The van der Waals surface area contributed by atoms with Gasteiger partial charge in [0.15, 0.2) is 0 Å². The molecular formula is C13H25NO. The molecule has 2 rings (SSSR count). The zero-order valence-corrected chi connectivity index (χ0v) is 9.99. The molecule has 0 spiro atoms. The Balaban J connectivity index is 1.82. The van der Waals surface area contributed by atoms with Crippen molar-refractivity contribution >= 4 is 0 Å². The highest BCUT2D eigenvalue weighted by molar-refractivity contribution is 4.82. The highest BCUT2D eigenvalue weighted by Crippen LogP contribution is 2.29. The summed E-state index contributed by atoms with van der Waals surface area (Å²) in [6.45, 7) is 1.21. The SMILES string of the molecule is CN(CC1CCC1)C1CCCCCC1O. The Morgan fingerprint density at radius 2 is 1.73 bits per heavy atom. The fraction of sp³-hybridized carbons (Fsp3) is 1.00. The van der Waals surface area contributed by atoms with Crippen LogP contribution in [0.2, 0.25) is 0 Å². The molecule has 2 saturated carbocycles. The van der Waals surface area contributed by atoms with Gasteiger partial charge in [0.1, 0.15) is 0 Å². The molecule has 2 nitrogen and oxygen atoms in total. The van der Waals surface area contributed by atoms with E-state index in [4.69, 9.17) is 0 Å². The van der Waals surface area contributed by atoms with Crippen molar-refractivity contribution in [2.75, 3.05) is 13.6 Å². The number of rotatable bonds is 3. The Morgan fingerprint density at radius 3 is 2.40 bits per heavy atom. The second kappa shape index (κ2) is 5.31. The third kappa shape index (κ3) is 2.94. The van der Waals surface area contributed by atoms with E-state index < -0.39 is 0 Å². The Bertz CT molecular complexity index is 191. The molecule has 0 aliphatic heterocycles. The molecule has 2 fully saturated rings. The predicted octanol–water partition coefficient (Wildman–Crippen LogP) is 2.41. The van der Waals surface area contributed by atoms with Crippen LogP contribution in [0.1, 0.15) is 51.4 Å². The van der Waals surface area contributed by atoms with E-state index >= 15 is 0 Å². The van der Waals surface area contributed by atoms with Gasteiger partial charge in [-0.25, -0.2) is 0 Å². The summed E-state index contributed by atoms with van der Waals surface area (Å²) < 4.78 is 0. The molecule has 0 saturated heterocycles. The van der Waals surface area contributed by atoms with Crippen LogP contribution in [0, 0.1) is 5.92 Å². The van der Waals surface area contributed by atoms with E-state index in [0.29, 0.717) is 6.04 Å². The number of hydrogen-bond acceptors (Lipinski definition) is 2. The first-order valence-electron chi connectivity index (χ1n) is 6.65. The maximum atomic E-state index is 10.1. The Hall–Kier alpha value is -0.0800. The standard InChI is InChI=1S/C13H25NO/c1-14(10-11-6-5-7-11)12-8-3-2-4-9-13(12)15/h11-13,15H,2-10H2,1H3. The normalized spacial score (nSPS) is 33.8. The molecule has 2 atom stereocenters. The van der Waals surface area contributed by atoms with Gasteiger partial charge in [-0.05, 0) is 38.6 Å². The van der Waals surface area contributed by atoms with E-state index in [9.17, 15) is 5.11 Å².